The molecule has 0 spiro atoms. The van der Waals surface area contributed by atoms with Crippen LogP contribution in [0.5, 0.6) is 0 Å². The van der Waals surface area contributed by atoms with E-state index in [0.717, 1.165) is 32.0 Å². The maximum Gasteiger partial charge on any atom is 0.128 e. The summed E-state index contributed by atoms with van der Waals surface area (Å²) >= 11 is 0. The van der Waals surface area contributed by atoms with Crippen LogP contribution in [0.1, 0.15) is 35.2 Å². The Morgan fingerprint density at radius 2 is 1.77 bits per heavy atom. The number of piperazine rings is 1. The highest BCUT2D eigenvalue weighted by Crippen LogP contribution is 2.33. The number of hydrogen-bond donors (Lipinski definition) is 0. The number of nitrogens with zero attached hydrogens (tertiary/aromatic N) is 4. The van der Waals surface area contributed by atoms with Gasteiger partial charge in [0.1, 0.15) is 5.82 Å². The highest BCUT2D eigenvalue weighted by molar-refractivity contribution is 5.88. The number of rotatable bonds is 5. The molecule has 0 saturated carbocycles. The quantitative estimate of drug-likeness (QED) is 0.522. The number of halogens is 2. The third kappa shape index (κ3) is 4.72. The molecule has 0 radical (unpaired) electrons. The summed E-state index contributed by atoms with van der Waals surface area (Å²) in [5, 5.41) is 1.51. The third-order valence-corrected chi connectivity index (χ3v) is 6.88. The van der Waals surface area contributed by atoms with E-state index < -0.39 is 0 Å². The van der Waals surface area contributed by atoms with Crippen LogP contribution in [0.3, 0.4) is 0 Å². The molecule has 0 atom stereocenters. The lowest BCUT2D eigenvalue weighted by molar-refractivity contribution is 0.254. The topological polar surface area (TPSA) is 24.3 Å². The second-order valence-electron chi connectivity index (χ2n) is 8.76. The second kappa shape index (κ2) is 10.2. The van der Waals surface area contributed by atoms with E-state index in [-0.39, 0.29) is 24.8 Å². The molecule has 168 valence electrons. The number of para-hydroxylation sites is 1. The number of benzene rings is 1. The van der Waals surface area contributed by atoms with Gasteiger partial charge < -0.3 is 9.47 Å². The van der Waals surface area contributed by atoms with Gasteiger partial charge in [0.15, 0.2) is 0 Å². The number of hydrogen-bond acceptors (Lipinski definition) is 3. The number of pyridine rings is 1. The highest BCUT2D eigenvalue weighted by Gasteiger charge is 2.21. The van der Waals surface area contributed by atoms with Crippen LogP contribution in [0, 0.1) is 13.8 Å². The molecule has 2 aliphatic rings. The van der Waals surface area contributed by atoms with E-state index in [1.54, 1.807) is 11.1 Å². The van der Waals surface area contributed by atoms with Crippen LogP contribution in [0.25, 0.3) is 10.9 Å². The SMILES string of the molecule is Cc1ccnc(N2CCN(CCCc3c(C)n4c5c(cccc35)CCC4)CC2)c1.Cl.Cl. The Balaban J connectivity index is 0.00000136. The van der Waals surface area contributed by atoms with Crippen LogP contribution in [0.4, 0.5) is 5.82 Å². The van der Waals surface area contributed by atoms with Crippen LogP contribution < -0.4 is 4.90 Å². The van der Waals surface area contributed by atoms with Crippen LogP contribution in [0.2, 0.25) is 0 Å². The summed E-state index contributed by atoms with van der Waals surface area (Å²) in [7, 11) is 0. The minimum atomic E-state index is 0. The molecule has 1 saturated heterocycles. The van der Waals surface area contributed by atoms with E-state index in [1.165, 1.54) is 60.9 Å². The zero-order chi connectivity index (χ0) is 19.8. The molecule has 3 aromatic rings. The Bertz CT molecular complexity index is 1020. The van der Waals surface area contributed by atoms with Crippen molar-refractivity contribution in [2.24, 2.45) is 0 Å². The zero-order valence-corrected chi connectivity index (χ0v) is 20.3. The maximum absolute atomic E-state index is 4.56. The van der Waals surface area contributed by atoms with Crippen LogP contribution in [-0.4, -0.2) is 47.2 Å². The normalized spacial score (nSPS) is 16.1. The van der Waals surface area contributed by atoms with Crippen molar-refractivity contribution in [1.82, 2.24) is 14.5 Å². The zero-order valence-electron chi connectivity index (χ0n) is 18.6. The Hall–Kier alpha value is -1.75. The molecule has 0 bridgehead atoms. The van der Waals surface area contributed by atoms with Gasteiger partial charge in [-0.2, -0.15) is 0 Å². The molecule has 31 heavy (non-hydrogen) atoms. The standard InChI is InChI=1S/C25H32N4.2ClH/c1-19-10-11-26-24(18-19)28-16-14-27(15-17-28)12-5-9-22-20(2)29-13-4-7-21-6-3-8-23(22)25(21)29;;/h3,6,8,10-11,18H,4-5,7,9,12-17H2,1-2H3;2*1H. The smallest absolute Gasteiger partial charge is 0.128 e. The predicted octanol–water partition coefficient (Wildman–Crippen LogP) is 5.20. The van der Waals surface area contributed by atoms with Gasteiger partial charge >= 0.3 is 0 Å². The Labute approximate surface area is 198 Å². The molecule has 1 aromatic carbocycles. The minimum Gasteiger partial charge on any atom is -0.354 e. The Morgan fingerprint density at radius 1 is 0.968 bits per heavy atom. The van der Waals surface area contributed by atoms with Gasteiger partial charge in [0.05, 0.1) is 5.52 Å². The van der Waals surface area contributed by atoms with Gasteiger partial charge in [0.25, 0.3) is 0 Å². The Morgan fingerprint density at radius 3 is 2.55 bits per heavy atom. The van der Waals surface area contributed by atoms with E-state index in [4.69, 9.17) is 0 Å². The van der Waals surface area contributed by atoms with Crippen molar-refractivity contribution >= 4 is 41.5 Å². The first-order valence-electron chi connectivity index (χ1n) is 11.2. The summed E-state index contributed by atoms with van der Waals surface area (Å²) in [4.78, 5) is 9.61. The van der Waals surface area contributed by atoms with Crippen molar-refractivity contribution in [3.63, 3.8) is 0 Å². The van der Waals surface area contributed by atoms with Crippen LogP contribution in [0.15, 0.2) is 36.5 Å². The number of aromatic nitrogens is 2. The first-order chi connectivity index (χ1) is 14.2. The second-order valence-corrected chi connectivity index (χ2v) is 8.76. The predicted molar refractivity (Wildman–Crippen MR) is 135 cm³/mol. The maximum atomic E-state index is 4.56. The summed E-state index contributed by atoms with van der Waals surface area (Å²) in [6.07, 6.45) is 6.88. The summed E-state index contributed by atoms with van der Waals surface area (Å²) in [6, 6.07) is 11.2. The van der Waals surface area contributed by atoms with Gasteiger partial charge in [-0.25, -0.2) is 4.98 Å². The number of aryl methyl sites for hydroxylation is 4. The molecular formula is C25H34Cl2N4. The minimum absolute atomic E-state index is 0. The lowest BCUT2D eigenvalue weighted by atomic mass is 10.0. The summed E-state index contributed by atoms with van der Waals surface area (Å²) < 4.78 is 2.58. The van der Waals surface area contributed by atoms with E-state index in [1.807, 2.05) is 6.20 Å². The first-order valence-corrected chi connectivity index (χ1v) is 11.2. The number of anilines is 1. The monoisotopic (exact) mass is 460 g/mol. The summed E-state index contributed by atoms with van der Waals surface area (Å²) in [5.74, 6) is 1.13. The van der Waals surface area contributed by atoms with Gasteiger partial charge in [-0.15, -0.1) is 24.8 Å². The molecule has 6 heteroatoms. The van der Waals surface area contributed by atoms with Crippen LogP contribution in [-0.2, 0) is 19.4 Å². The van der Waals surface area contributed by atoms with Gasteiger partial charge in [0, 0.05) is 50.0 Å². The Kier molecular flexibility index (Phi) is 7.90. The molecule has 4 nitrogen and oxygen atoms in total. The van der Waals surface area contributed by atoms with Gasteiger partial charge in [-0.05, 0) is 74.9 Å². The fourth-order valence-electron chi connectivity index (χ4n) is 5.28. The molecule has 4 heterocycles. The molecule has 0 unspecified atom stereocenters. The molecule has 1 fully saturated rings. The molecule has 5 rings (SSSR count). The van der Waals surface area contributed by atoms with Gasteiger partial charge in [-0.1, -0.05) is 18.2 Å². The third-order valence-electron chi connectivity index (χ3n) is 6.88. The average molecular weight is 461 g/mol. The summed E-state index contributed by atoms with van der Waals surface area (Å²) in [6.45, 7) is 11.3. The van der Waals surface area contributed by atoms with Gasteiger partial charge in [-0.3, -0.25) is 4.90 Å². The first kappa shape index (κ1) is 23.9. The van der Waals surface area contributed by atoms with E-state index in [9.17, 15) is 0 Å². The lowest BCUT2D eigenvalue weighted by Crippen LogP contribution is -2.47. The van der Waals surface area contributed by atoms with E-state index >= 15 is 0 Å². The molecule has 0 amide bonds. The van der Waals surface area contributed by atoms with Gasteiger partial charge in [0.2, 0.25) is 0 Å². The van der Waals surface area contributed by atoms with Crippen molar-refractivity contribution in [2.75, 3.05) is 37.6 Å². The molecular weight excluding hydrogens is 427 g/mol. The summed E-state index contributed by atoms with van der Waals surface area (Å²) in [5.41, 5.74) is 7.45. The molecule has 2 aliphatic heterocycles. The van der Waals surface area contributed by atoms with Crippen molar-refractivity contribution in [3.05, 3.63) is 58.9 Å². The molecule has 0 N–H and O–H groups in total. The highest BCUT2D eigenvalue weighted by atomic mass is 35.5. The largest absolute Gasteiger partial charge is 0.354 e. The van der Waals surface area contributed by atoms with E-state index in [2.05, 4.69) is 63.5 Å². The van der Waals surface area contributed by atoms with Crippen molar-refractivity contribution in [1.29, 1.82) is 0 Å². The fourth-order valence-corrected chi connectivity index (χ4v) is 5.28. The van der Waals surface area contributed by atoms with E-state index in [0.29, 0.717) is 0 Å². The fraction of sp³-hybridized carbons (Fsp3) is 0.480. The van der Waals surface area contributed by atoms with Crippen molar-refractivity contribution < 1.29 is 0 Å². The van der Waals surface area contributed by atoms with Crippen molar-refractivity contribution in [3.8, 4) is 0 Å². The lowest BCUT2D eigenvalue weighted by Gasteiger charge is -2.35. The molecule has 0 aliphatic carbocycles. The van der Waals surface area contributed by atoms with Crippen LogP contribution >= 0.6 is 24.8 Å². The molecule has 2 aromatic heterocycles. The average Bonchev–Trinajstić information content (AvgIpc) is 3.02. The van der Waals surface area contributed by atoms with Crippen molar-refractivity contribution in [2.45, 2.75) is 46.1 Å².